The van der Waals surface area contributed by atoms with Crippen molar-refractivity contribution in [3.05, 3.63) is 95.9 Å². The molecule has 0 saturated carbocycles. The van der Waals surface area contributed by atoms with Crippen molar-refractivity contribution in [1.29, 1.82) is 0 Å². The third-order valence-electron chi connectivity index (χ3n) is 5.16. The molecule has 6 heteroatoms. The van der Waals surface area contributed by atoms with Gasteiger partial charge in [-0.05, 0) is 48.9 Å². The Morgan fingerprint density at radius 2 is 1.61 bits per heavy atom. The summed E-state index contributed by atoms with van der Waals surface area (Å²) < 4.78 is 18.8. The Kier molecular flexibility index (Phi) is 5.54. The fraction of sp³-hybridized carbons (Fsp3) is 0.120. The first-order chi connectivity index (χ1) is 15.0. The predicted molar refractivity (Wildman–Crippen MR) is 118 cm³/mol. The summed E-state index contributed by atoms with van der Waals surface area (Å²) in [4.78, 5) is 30.1. The molecule has 1 aliphatic heterocycles. The van der Waals surface area contributed by atoms with E-state index in [0.717, 1.165) is 10.6 Å². The number of rotatable bonds is 6. The van der Waals surface area contributed by atoms with Gasteiger partial charge in [0.05, 0.1) is 18.4 Å². The van der Waals surface area contributed by atoms with E-state index in [-0.39, 0.29) is 11.3 Å². The lowest BCUT2D eigenvalue weighted by atomic mass is 10.0. The van der Waals surface area contributed by atoms with Gasteiger partial charge in [-0.2, -0.15) is 0 Å². The Morgan fingerprint density at radius 3 is 2.26 bits per heavy atom. The van der Waals surface area contributed by atoms with E-state index in [1.165, 1.54) is 31.4 Å². The molecular weight excluding hydrogens is 395 g/mol. The molecule has 1 aliphatic rings. The molecule has 1 heterocycles. The molecule has 0 aromatic heterocycles. The van der Waals surface area contributed by atoms with E-state index in [0.29, 0.717) is 23.5 Å². The van der Waals surface area contributed by atoms with Gasteiger partial charge in [-0.3, -0.25) is 9.59 Å². The molecule has 0 aliphatic carbocycles. The second-order valence-electron chi connectivity index (χ2n) is 6.96. The number of nitrogens with zero attached hydrogens (tertiary/aromatic N) is 2. The molecule has 3 aromatic carbocycles. The third-order valence-corrected chi connectivity index (χ3v) is 5.16. The Balaban J connectivity index is 1.90. The summed E-state index contributed by atoms with van der Waals surface area (Å²) in [5, 5.41) is 0. The number of hydrogen-bond acceptors (Lipinski definition) is 4. The number of hydrogen-bond donors (Lipinski definition) is 0. The number of halogens is 1. The Bertz CT molecular complexity index is 1160. The van der Waals surface area contributed by atoms with Crippen molar-refractivity contribution in [3.63, 3.8) is 0 Å². The molecule has 0 N–H and O–H groups in total. The second-order valence-corrected chi connectivity index (χ2v) is 6.96. The zero-order valence-corrected chi connectivity index (χ0v) is 17.2. The Morgan fingerprint density at radius 1 is 0.903 bits per heavy atom. The minimum Gasteiger partial charge on any atom is -0.497 e. The lowest BCUT2D eigenvalue weighted by Gasteiger charge is -2.25. The summed E-state index contributed by atoms with van der Waals surface area (Å²) in [6.45, 7) is 2.38. The van der Waals surface area contributed by atoms with Crippen molar-refractivity contribution in [2.45, 2.75) is 6.92 Å². The molecule has 0 atom stereocenters. The summed E-state index contributed by atoms with van der Waals surface area (Å²) in [5.74, 6) is -0.787. The fourth-order valence-electron chi connectivity index (χ4n) is 3.71. The van der Waals surface area contributed by atoms with Crippen molar-refractivity contribution in [2.75, 3.05) is 23.5 Å². The van der Waals surface area contributed by atoms with Gasteiger partial charge >= 0.3 is 0 Å². The maximum atomic E-state index is 13.6. The first kappa shape index (κ1) is 20.3. The van der Waals surface area contributed by atoms with E-state index in [9.17, 15) is 14.0 Å². The number of benzene rings is 3. The smallest absolute Gasteiger partial charge is 0.282 e. The number of para-hydroxylation sites is 1. The van der Waals surface area contributed by atoms with Crippen molar-refractivity contribution < 1.29 is 18.7 Å². The molecule has 156 valence electrons. The summed E-state index contributed by atoms with van der Waals surface area (Å²) >= 11 is 0. The Hall–Kier alpha value is -3.93. The normalized spacial score (nSPS) is 13.7. The highest BCUT2D eigenvalue weighted by molar-refractivity contribution is 6.46. The van der Waals surface area contributed by atoms with E-state index < -0.39 is 17.6 Å². The maximum absolute atomic E-state index is 13.6. The van der Waals surface area contributed by atoms with Crippen LogP contribution in [0.2, 0.25) is 0 Å². The van der Waals surface area contributed by atoms with Gasteiger partial charge in [-0.1, -0.05) is 36.4 Å². The molecule has 2 amide bonds. The molecule has 0 radical (unpaired) electrons. The second kappa shape index (κ2) is 8.44. The van der Waals surface area contributed by atoms with E-state index >= 15 is 0 Å². The number of anilines is 2. The first-order valence-corrected chi connectivity index (χ1v) is 9.90. The number of imide groups is 1. The van der Waals surface area contributed by atoms with E-state index in [1.54, 1.807) is 29.2 Å². The monoisotopic (exact) mass is 416 g/mol. The van der Waals surface area contributed by atoms with Crippen molar-refractivity contribution in [3.8, 4) is 5.75 Å². The number of amides is 2. The average Bonchev–Trinajstić information content (AvgIpc) is 3.06. The van der Waals surface area contributed by atoms with Crippen LogP contribution in [0, 0.1) is 5.82 Å². The number of methoxy groups -OCH3 is 1. The molecule has 0 unspecified atom stereocenters. The van der Waals surface area contributed by atoms with Gasteiger partial charge in [0.1, 0.15) is 17.3 Å². The maximum Gasteiger partial charge on any atom is 0.282 e. The molecule has 0 fully saturated rings. The van der Waals surface area contributed by atoms with Crippen LogP contribution in [-0.2, 0) is 9.59 Å². The molecule has 3 aromatic rings. The van der Waals surface area contributed by atoms with Gasteiger partial charge in [0.15, 0.2) is 0 Å². The standard InChI is InChI=1S/C25H21FN2O3/c1-3-27(19-8-5-4-6-9-19)23-22(17-12-14-18(26)15-13-17)24(29)28(25(23)30)20-10-7-11-21(16-20)31-2/h4-16H,3H2,1-2H3. The zero-order valence-electron chi connectivity index (χ0n) is 17.2. The minimum atomic E-state index is -0.464. The summed E-state index contributed by atoms with van der Waals surface area (Å²) in [6.07, 6.45) is 0. The van der Waals surface area contributed by atoms with Crippen LogP contribution in [0.25, 0.3) is 5.57 Å². The third kappa shape index (κ3) is 3.68. The lowest BCUT2D eigenvalue weighted by molar-refractivity contribution is -0.120. The highest BCUT2D eigenvalue weighted by Crippen LogP contribution is 2.37. The van der Waals surface area contributed by atoms with Gasteiger partial charge in [0.2, 0.25) is 0 Å². The highest BCUT2D eigenvalue weighted by Gasteiger charge is 2.42. The van der Waals surface area contributed by atoms with Crippen LogP contribution in [0.3, 0.4) is 0 Å². The number of likely N-dealkylation sites (N-methyl/N-ethyl adjacent to an activating group) is 1. The summed E-state index contributed by atoms with van der Waals surface area (Å²) in [7, 11) is 1.52. The van der Waals surface area contributed by atoms with Crippen LogP contribution in [0.5, 0.6) is 5.75 Å². The zero-order chi connectivity index (χ0) is 22.0. The van der Waals surface area contributed by atoms with Gasteiger partial charge < -0.3 is 9.64 Å². The van der Waals surface area contributed by atoms with Gasteiger partial charge in [-0.15, -0.1) is 0 Å². The molecule has 0 bridgehead atoms. The molecular formula is C25H21FN2O3. The SMILES string of the molecule is CCN(C1=C(c2ccc(F)cc2)C(=O)N(c2cccc(OC)c2)C1=O)c1ccccc1. The number of carbonyl (C=O) groups is 2. The van der Waals surface area contributed by atoms with Crippen molar-refractivity contribution >= 4 is 28.8 Å². The molecule has 5 nitrogen and oxygen atoms in total. The quantitative estimate of drug-likeness (QED) is 0.549. The van der Waals surface area contributed by atoms with Crippen LogP contribution >= 0.6 is 0 Å². The minimum absolute atomic E-state index is 0.235. The number of ether oxygens (including phenoxy) is 1. The van der Waals surface area contributed by atoms with Crippen molar-refractivity contribution in [2.24, 2.45) is 0 Å². The van der Waals surface area contributed by atoms with Crippen LogP contribution in [0.4, 0.5) is 15.8 Å². The largest absolute Gasteiger partial charge is 0.497 e. The molecule has 4 rings (SSSR count). The van der Waals surface area contributed by atoms with Gasteiger partial charge in [0, 0.05) is 18.3 Å². The number of carbonyl (C=O) groups excluding carboxylic acids is 2. The summed E-state index contributed by atoms with van der Waals surface area (Å²) in [5.41, 5.74) is 2.17. The van der Waals surface area contributed by atoms with Crippen molar-refractivity contribution in [1.82, 2.24) is 0 Å². The van der Waals surface area contributed by atoms with E-state index in [1.807, 2.05) is 37.3 Å². The summed E-state index contributed by atoms with van der Waals surface area (Å²) in [6, 6.07) is 21.8. The molecule has 0 saturated heterocycles. The predicted octanol–water partition coefficient (Wildman–Crippen LogP) is 4.65. The highest BCUT2D eigenvalue weighted by atomic mass is 19.1. The van der Waals surface area contributed by atoms with Crippen LogP contribution in [0.1, 0.15) is 12.5 Å². The van der Waals surface area contributed by atoms with Gasteiger partial charge in [-0.25, -0.2) is 9.29 Å². The van der Waals surface area contributed by atoms with Crippen LogP contribution in [0.15, 0.2) is 84.6 Å². The molecule has 0 spiro atoms. The lowest BCUT2D eigenvalue weighted by Crippen LogP contribution is -2.35. The van der Waals surface area contributed by atoms with E-state index in [2.05, 4.69) is 0 Å². The topological polar surface area (TPSA) is 49.9 Å². The average molecular weight is 416 g/mol. The van der Waals surface area contributed by atoms with Crippen LogP contribution in [-0.4, -0.2) is 25.5 Å². The Labute approximate surface area is 180 Å². The fourth-order valence-corrected chi connectivity index (χ4v) is 3.71. The van der Waals surface area contributed by atoms with Gasteiger partial charge in [0.25, 0.3) is 11.8 Å². The molecule has 31 heavy (non-hydrogen) atoms. The van der Waals surface area contributed by atoms with Crippen LogP contribution < -0.4 is 14.5 Å². The van der Waals surface area contributed by atoms with E-state index in [4.69, 9.17) is 4.74 Å². The first-order valence-electron chi connectivity index (χ1n) is 9.90.